The van der Waals surface area contributed by atoms with Crippen molar-refractivity contribution in [1.82, 2.24) is 19.9 Å². The van der Waals surface area contributed by atoms with Gasteiger partial charge in [-0.1, -0.05) is 6.07 Å². The van der Waals surface area contributed by atoms with Crippen molar-refractivity contribution in [2.24, 2.45) is 0 Å². The molecule has 1 aliphatic heterocycles. The van der Waals surface area contributed by atoms with E-state index in [0.29, 0.717) is 19.1 Å². The number of anilines is 1. The second-order valence-corrected chi connectivity index (χ2v) is 8.99. The molecule has 3 aromatic rings. The molecule has 7 nitrogen and oxygen atoms in total. The van der Waals surface area contributed by atoms with Gasteiger partial charge >= 0.3 is 0 Å². The molecule has 0 aliphatic carbocycles. The van der Waals surface area contributed by atoms with Crippen LogP contribution in [0.3, 0.4) is 0 Å². The monoisotopic (exact) mass is 461 g/mol. The van der Waals surface area contributed by atoms with Gasteiger partial charge in [0.1, 0.15) is 11.6 Å². The predicted molar refractivity (Wildman–Crippen MR) is 135 cm³/mol. The molecular formula is C27H35N5O2. The van der Waals surface area contributed by atoms with E-state index in [-0.39, 0.29) is 0 Å². The molecule has 1 unspecified atom stereocenters. The van der Waals surface area contributed by atoms with Gasteiger partial charge in [0.25, 0.3) is 0 Å². The molecule has 34 heavy (non-hydrogen) atoms. The molecule has 7 heteroatoms. The Hall–Kier alpha value is -3.03. The second kappa shape index (κ2) is 11.4. The number of hydrogen-bond acceptors (Lipinski definition) is 7. The van der Waals surface area contributed by atoms with Crippen LogP contribution >= 0.6 is 0 Å². The van der Waals surface area contributed by atoms with E-state index < -0.39 is 0 Å². The average molecular weight is 462 g/mol. The number of pyridine rings is 1. The van der Waals surface area contributed by atoms with Gasteiger partial charge in [-0.05, 0) is 56.1 Å². The third-order valence-electron chi connectivity index (χ3n) is 6.16. The van der Waals surface area contributed by atoms with Crippen LogP contribution in [0.5, 0.6) is 5.75 Å². The molecule has 0 radical (unpaired) electrons. The Morgan fingerprint density at radius 3 is 2.76 bits per heavy atom. The van der Waals surface area contributed by atoms with Crippen molar-refractivity contribution in [1.29, 1.82) is 0 Å². The van der Waals surface area contributed by atoms with E-state index in [0.717, 1.165) is 61.1 Å². The SMILES string of the molecule is CCOc1ccc(COC)cc1CN1CCCC(c2cc(N(C)C)nc(-c3cccnc3)n2)C1. The van der Waals surface area contributed by atoms with Gasteiger partial charge in [-0.15, -0.1) is 0 Å². The first-order valence-electron chi connectivity index (χ1n) is 12.0. The fourth-order valence-corrected chi connectivity index (χ4v) is 4.51. The highest BCUT2D eigenvalue weighted by atomic mass is 16.5. The average Bonchev–Trinajstić information content (AvgIpc) is 2.86. The van der Waals surface area contributed by atoms with Gasteiger partial charge in [-0.2, -0.15) is 0 Å². The van der Waals surface area contributed by atoms with Crippen LogP contribution in [-0.2, 0) is 17.9 Å². The van der Waals surface area contributed by atoms with Gasteiger partial charge in [-0.3, -0.25) is 9.88 Å². The summed E-state index contributed by atoms with van der Waals surface area (Å²) in [6.45, 7) is 6.16. The third kappa shape index (κ3) is 5.90. The number of benzene rings is 1. The highest BCUT2D eigenvalue weighted by molar-refractivity contribution is 5.56. The van der Waals surface area contributed by atoms with E-state index in [9.17, 15) is 0 Å². The van der Waals surface area contributed by atoms with Crippen molar-refractivity contribution in [3.05, 3.63) is 65.6 Å². The van der Waals surface area contributed by atoms with Crippen LogP contribution in [0.1, 0.15) is 42.5 Å². The van der Waals surface area contributed by atoms with E-state index in [1.165, 1.54) is 11.1 Å². The molecule has 0 saturated carbocycles. The first-order valence-corrected chi connectivity index (χ1v) is 12.0. The number of ether oxygens (including phenoxy) is 2. The van der Waals surface area contributed by atoms with E-state index in [1.54, 1.807) is 13.3 Å². The Labute approximate surface area is 202 Å². The molecule has 0 spiro atoms. The standard InChI is InChI=1S/C27H35N5O2/c1-5-34-25-11-10-20(19-33-4)14-23(25)18-32-13-7-9-22(17-32)24-15-26(31(2)3)30-27(29-24)21-8-6-12-28-16-21/h6,8,10-12,14-16,22H,5,7,9,13,17-19H2,1-4H3. The van der Waals surface area contributed by atoms with Crippen molar-refractivity contribution in [2.75, 3.05) is 45.8 Å². The summed E-state index contributed by atoms with van der Waals surface area (Å²) >= 11 is 0. The normalized spacial score (nSPS) is 16.4. The van der Waals surface area contributed by atoms with Gasteiger partial charge in [-0.25, -0.2) is 9.97 Å². The van der Waals surface area contributed by atoms with Crippen molar-refractivity contribution in [2.45, 2.75) is 38.8 Å². The molecule has 0 amide bonds. The summed E-state index contributed by atoms with van der Waals surface area (Å²) in [4.78, 5) is 18.6. The summed E-state index contributed by atoms with van der Waals surface area (Å²) in [6.07, 6.45) is 5.86. The van der Waals surface area contributed by atoms with Gasteiger partial charge in [0.05, 0.1) is 18.9 Å². The first kappa shape index (κ1) is 24.1. The largest absolute Gasteiger partial charge is 0.494 e. The molecule has 180 valence electrons. The maximum Gasteiger partial charge on any atom is 0.163 e. The predicted octanol–water partition coefficient (Wildman–Crippen LogP) is 4.53. The molecule has 0 bridgehead atoms. The maximum absolute atomic E-state index is 5.93. The quantitative estimate of drug-likeness (QED) is 0.464. The van der Waals surface area contributed by atoms with E-state index >= 15 is 0 Å². The molecule has 3 heterocycles. The van der Waals surface area contributed by atoms with Gasteiger partial charge in [0.2, 0.25) is 0 Å². The fraction of sp³-hybridized carbons (Fsp3) is 0.444. The Bertz CT molecular complexity index is 1070. The number of nitrogens with zero attached hydrogens (tertiary/aromatic N) is 5. The molecule has 1 aromatic carbocycles. The zero-order valence-corrected chi connectivity index (χ0v) is 20.7. The number of piperidine rings is 1. The lowest BCUT2D eigenvalue weighted by Gasteiger charge is -2.33. The summed E-state index contributed by atoms with van der Waals surface area (Å²) in [5.74, 6) is 2.97. The van der Waals surface area contributed by atoms with Crippen LogP contribution in [0.15, 0.2) is 48.8 Å². The molecular weight excluding hydrogens is 426 g/mol. The summed E-state index contributed by atoms with van der Waals surface area (Å²) in [5, 5.41) is 0. The summed E-state index contributed by atoms with van der Waals surface area (Å²) in [7, 11) is 5.78. The van der Waals surface area contributed by atoms with Gasteiger partial charge in [0.15, 0.2) is 5.82 Å². The molecule has 1 fully saturated rings. The van der Waals surface area contributed by atoms with Crippen molar-refractivity contribution in [3.8, 4) is 17.1 Å². The fourth-order valence-electron chi connectivity index (χ4n) is 4.51. The summed E-state index contributed by atoms with van der Waals surface area (Å²) in [6, 6.07) is 12.5. The van der Waals surface area contributed by atoms with Crippen molar-refractivity contribution in [3.63, 3.8) is 0 Å². The number of hydrogen-bond donors (Lipinski definition) is 0. The van der Waals surface area contributed by atoms with Gasteiger partial charge in [0, 0.05) is 69.8 Å². The van der Waals surface area contributed by atoms with Gasteiger partial charge < -0.3 is 14.4 Å². The molecule has 1 aliphatic rings. The molecule has 1 atom stereocenters. The van der Waals surface area contributed by atoms with Crippen molar-refractivity contribution < 1.29 is 9.47 Å². The lowest BCUT2D eigenvalue weighted by Crippen LogP contribution is -2.34. The van der Waals surface area contributed by atoms with E-state index in [1.807, 2.05) is 44.2 Å². The van der Waals surface area contributed by atoms with Crippen LogP contribution in [0.25, 0.3) is 11.4 Å². The van der Waals surface area contributed by atoms with E-state index in [4.69, 9.17) is 19.4 Å². The molecule has 4 rings (SSSR count). The lowest BCUT2D eigenvalue weighted by molar-refractivity contribution is 0.183. The Morgan fingerprint density at radius 1 is 1.15 bits per heavy atom. The Morgan fingerprint density at radius 2 is 2.03 bits per heavy atom. The molecule has 2 aromatic heterocycles. The molecule has 0 N–H and O–H groups in total. The highest BCUT2D eigenvalue weighted by Gasteiger charge is 2.25. The zero-order chi connectivity index (χ0) is 23.9. The molecule has 1 saturated heterocycles. The summed E-state index contributed by atoms with van der Waals surface area (Å²) in [5.41, 5.74) is 4.42. The minimum Gasteiger partial charge on any atom is -0.494 e. The Kier molecular flexibility index (Phi) is 8.08. The Balaban J connectivity index is 1.58. The van der Waals surface area contributed by atoms with Crippen LogP contribution in [0.4, 0.5) is 5.82 Å². The smallest absolute Gasteiger partial charge is 0.163 e. The minimum absolute atomic E-state index is 0.351. The number of likely N-dealkylation sites (tertiary alicyclic amines) is 1. The number of methoxy groups -OCH3 is 1. The lowest BCUT2D eigenvalue weighted by atomic mass is 9.93. The number of aromatic nitrogens is 3. The van der Waals surface area contributed by atoms with Crippen molar-refractivity contribution >= 4 is 5.82 Å². The maximum atomic E-state index is 5.93. The van der Waals surface area contributed by atoms with Crippen LogP contribution < -0.4 is 9.64 Å². The zero-order valence-electron chi connectivity index (χ0n) is 20.7. The topological polar surface area (TPSA) is 63.6 Å². The van der Waals surface area contributed by atoms with Crippen LogP contribution in [-0.4, -0.2) is 60.8 Å². The van der Waals surface area contributed by atoms with Crippen LogP contribution in [0.2, 0.25) is 0 Å². The third-order valence-corrected chi connectivity index (χ3v) is 6.16. The summed E-state index contributed by atoms with van der Waals surface area (Å²) < 4.78 is 11.3. The second-order valence-electron chi connectivity index (χ2n) is 8.99. The first-order chi connectivity index (χ1) is 16.6. The van der Waals surface area contributed by atoms with E-state index in [2.05, 4.69) is 34.1 Å². The van der Waals surface area contributed by atoms with Crippen LogP contribution in [0, 0.1) is 0 Å². The minimum atomic E-state index is 0.351. The highest BCUT2D eigenvalue weighted by Crippen LogP contribution is 2.31. The number of rotatable bonds is 9.